The van der Waals surface area contributed by atoms with Crippen molar-refractivity contribution in [3.05, 3.63) is 36.4 Å². The Kier molecular flexibility index (Phi) is 4.12. The smallest absolute Gasteiger partial charge is 0.248 e. The second-order valence-electron chi connectivity index (χ2n) is 5.20. The lowest BCUT2D eigenvalue weighted by Gasteiger charge is -2.22. The normalized spacial score (nSPS) is 17.4. The minimum absolute atomic E-state index is 0.152. The van der Waals surface area contributed by atoms with E-state index < -0.39 is 10.0 Å². The molecule has 0 aliphatic carbocycles. The molecule has 0 saturated carbocycles. The van der Waals surface area contributed by atoms with E-state index in [4.69, 9.17) is 4.52 Å². The van der Waals surface area contributed by atoms with E-state index in [0.29, 0.717) is 25.3 Å². The van der Waals surface area contributed by atoms with Crippen LogP contribution in [0.3, 0.4) is 0 Å². The van der Waals surface area contributed by atoms with E-state index in [2.05, 4.69) is 15.0 Å². The highest BCUT2D eigenvalue weighted by Crippen LogP contribution is 2.21. The molecule has 0 radical (unpaired) electrons. The molecule has 8 heteroatoms. The monoisotopic (exact) mass is 322 g/mol. The van der Waals surface area contributed by atoms with Crippen LogP contribution in [0, 0.1) is 6.92 Å². The standard InChI is InChI=1S/C14H18N4O3S/c1-12-13(11-21-16-12)22(19,20)18-8-4-7-17(9-10-18)14-5-2-3-6-15-14/h2-3,5-6,11H,4,7-10H2,1H3. The molecule has 1 saturated heterocycles. The summed E-state index contributed by atoms with van der Waals surface area (Å²) in [6, 6.07) is 5.74. The fourth-order valence-electron chi connectivity index (χ4n) is 2.57. The van der Waals surface area contributed by atoms with Gasteiger partial charge in [0.1, 0.15) is 22.7 Å². The van der Waals surface area contributed by atoms with Crippen molar-refractivity contribution >= 4 is 15.8 Å². The Balaban J connectivity index is 1.77. The van der Waals surface area contributed by atoms with Crippen molar-refractivity contribution in [2.24, 2.45) is 0 Å². The summed E-state index contributed by atoms with van der Waals surface area (Å²) in [4.78, 5) is 6.59. The first-order valence-corrected chi connectivity index (χ1v) is 8.60. The van der Waals surface area contributed by atoms with Crippen LogP contribution in [-0.4, -0.2) is 49.0 Å². The minimum Gasteiger partial charge on any atom is -0.363 e. The molecule has 3 heterocycles. The van der Waals surface area contributed by atoms with Gasteiger partial charge in [-0.3, -0.25) is 0 Å². The molecule has 2 aromatic heterocycles. The van der Waals surface area contributed by atoms with Crippen molar-refractivity contribution in [1.29, 1.82) is 0 Å². The predicted molar refractivity (Wildman–Crippen MR) is 81.1 cm³/mol. The molecule has 1 fully saturated rings. The quantitative estimate of drug-likeness (QED) is 0.847. The number of anilines is 1. The molecule has 2 aromatic rings. The van der Waals surface area contributed by atoms with Gasteiger partial charge in [0.15, 0.2) is 0 Å². The van der Waals surface area contributed by atoms with Gasteiger partial charge in [-0.2, -0.15) is 4.31 Å². The first-order valence-electron chi connectivity index (χ1n) is 7.16. The van der Waals surface area contributed by atoms with Crippen LogP contribution in [0.4, 0.5) is 5.82 Å². The van der Waals surface area contributed by atoms with Crippen LogP contribution < -0.4 is 4.90 Å². The maximum absolute atomic E-state index is 12.7. The van der Waals surface area contributed by atoms with Gasteiger partial charge in [-0.15, -0.1) is 0 Å². The first kappa shape index (κ1) is 15.0. The van der Waals surface area contributed by atoms with Crippen LogP contribution in [0.1, 0.15) is 12.1 Å². The fourth-order valence-corrected chi connectivity index (χ4v) is 4.12. The average Bonchev–Trinajstić information content (AvgIpc) is 2.81. The molecular weight excluding hydrogens is 304 g/mol. The molecular formula is C14H18N4O3S. The van der Waals surface area contributed by atoms with E-state index in [1.54, 1.807) is 13.1 Å². The Bertz CT molecular complexity index is 730. The summed E-state index contributed by atoms with van der Waals surface area (Å²) in [5.41, 5.74) is 0.394. The number of sulfonamides is 1. The maximum Gasteiger partial charge on any atom is 0.248 e. The summed E-state index contributed by atoms with van der Waals surface area (Å²) in [5.74, 6) is 0.878. The van der Waals surface area contributed by atoms with E-state index in [9.17, 15) is 8.42 Å². The number of hydrogen-bond acceptors (Lipinski definition) is 6. The van der Waals surface area contributed by atoms with Gasteiger partial charge in [0, 0.05) is 32.4 Å². The molecule has 0 amide bonds. The van der Waals surface area contributed by atoms with E-state index in [1.807, 2.05) is 18.2 Å². The summed E-state index contributed by atoms with van der Waals surface area (Å²) >= 11 is 0. The van der Waals surface area contributed by atoms with Crippen molar-refractivity contribution in [1.82, 2.24) is 14.4 Å². The van der Waals surface area contributed by atoms with Crippen molar-refractivity contribution < 1.29 is 12.9 Å². The van der Waals surface area contributed by atoms with Gasteiger partial charge >= 0.3 is 0 Å². The largest absolute Gasteiger partial charge is 0.363 e. The molecule has 118 valence electrons. The van der Waals surface area contributed by atoms with Crippen LogP contribution in [-0.2, 0) is 10.0 Å². The van der Waals surface area contributed by atoms with Crippen LogP contribution in [0.15, 0.2) is 40.1 Å². The Hall–Kier alpha value is -1.93. The molecule has 0 bridgehead atoms. The van der Waals surface area contributed by atoms with Crippen LogP contribution >= 0.6 is 0 Å². The Morgan fingerprint density at radius 3 is 2.73 bits per heavy atom. The number of aromatic nitrogens is 2. The van der Waals surface area contributed by atoms with Gasteiger partial charge in [-0.1, -0.05) is 11.2 Å². The minimum atomic E-state index is -3.55. The van der Waals surface area contributed by atoms with E-state index in [-0.39, 0.29) is 4.90 Å². The third-order valence-corrected chi connectivity index (χ3v) is 5.74. The van der Waals surface area contributed by atoms with Crippen molar-refractivity contribution in [3.8, 4) is 0 Å². The lowest BCUT2D eigenvalue weighted by atomic mass is 10.3. The van der Waals surface area contributed by atoms with Gasteiger partial charge in [-0.25, -0.2) is 13.4 Å². The van der Waals surface area contributed by atoms with E-state index in [1.165, 1.54) is 10.6 Å². The van der Waals surface area contributed by atoms with Crippen molar-refractivity contribution in [3.63, 3.8) is 0 Å². The van der Waals surface area contributed by atoms with Crippen LogP contribution in [0.5, 0.6) is 0 Å². The van der Waals surface area contributed by atoms with Gasteiger partial charge in [0.05, 0.1) is 0 Å². The number of hydrogen-bond donors (Lipinski definition) is 0. The Morgan fingerprint density at radius 1 is 1.18 bits per heavy atom. The SMILES string of the molecule is Cc1nocc1S(=O)(=O)N1CCCN(c2ccccn2)CC1. The molecule has 1 aliphatic rings. The van der Waals surface area contributed by atoms with E-state index >= 15 is 0 Å². The lowest BCUT2D eigenvalue weighted by molar-refractivity contribution is 0.411. The Morgan fingerprint density at radius 2 is 2.05 bits per heavy atom. The highest BCUT2D eigenvalue weighted by Gasteiger charge is 2.30. The molecule has 0 spiro atoms. The molecule has 0 atom stereocenters. The lowest BCUT2D eigenvalue weighted by Crippen LogP contribution is -2.35. The predicted octanol–water partition coefficient (Wildman–Crippen LogP) is 1.28. The zero-order valence-corrected chi connectivity index (χ0v) is 13.2. The highest BCUT2D eigenvalue weighted by atomic mass is 32.2. The van der Waals surface area contributed by atoms with Gasteiger partial charge in [0.25, 0.3) is 0 Å². The number of pyridine rings is 1. The summed E-state index contributed by atoms with van der Waals surface area (Å²) < 4.78 is 31.6. The maximum atomic E-state index is 12.7. The summed E-state index contributed by atoms with van der Waals surface area (Å²) in [6.07, 6.45) is 3.70. The summed E-state index contributed by atoms with van der Waals surface area (Å²) in [5, 5.41) is 3.66. The van der Waals surface area contributed by atoms with Gasteiger partial charge < -0.3 is 9.42 Å². The molecule has 7 nitrogen and oxygen atoms in total. The second kappa shape index (κ2) is 6.05. The van der Waals surface area contributed by atoms with Gasteiger partial charge in [-0.05, 0) is 25.5 Å². The molecule has 0 aromatic carbocycles. The number of rotatable bonds is 3. The number of aryl methyl sites for hydroxylation is 1. The molecule has 1 aliphatic heterocycles. The third kappa shape index (κ3) is 2.84. The van der Waals surface area contributed by atoms with Crippen molar-refractivity contribution in [2.75, 3.05) is 31.1 Å². The van der Waals surface area contributed by atoms with Crippen LogP contribution in [0.2, 0.25) is 0 Å². The van der Waals surface area contributed by atoms with Crippen LogP contribution in [0.25, 0.3) is 0 Å². The Labute approximate surface area is 129 Å². The summed E-state index contributed by atoms with van der Waals surface area (Å²) in [6.45, 7) is 3.93. The number of nitrogens with zero attached hydrogens (tertiary/aromatic N) is 4. The molecule has 0 unspecified atom stereocenters. The van der Waals surface area contributed by atoms with E-state index in [0.717, 1.165) is 18.8 Å². The molecule has 0 N–H and O–H groups in total. The highest BCUT2D eigenvalue weighted by molar-refractivity contribution is 7.89. The zero-order valence-electron chi connectivity index (χ0n) is 12.3. The topological polar surface area (TPSA) is 79.5 Å². The van der Waals surface area contributed by atoms with Gasteiger partial charge in [0.2, 0.25) is 10.0 Å². The molecule has 3 rings (SSSR count). The van der Waals surface area contributed by atoms with Crippen molar-refractivity contribution in [2.45, 2.75) is 18.2 Å². The second-order valence-corrected chi connectivity index (χ2v) is 7.10. The average molecular weight is 322 g/mol. The fraction of sp³-hybridized carbons (Fsp3) is 0.429. The molecule has 22 heavy (non-hydrogen) atoms. The summed E-state index contributed by atoms with van der Waals surface area (Å²) in [7, 11) is -3.55. The third-order valence-electron chi connectivity index (χ3n) is 3.75. The first-order chi connectivity index (χ1) is 10.6. The zero-order chi connectivity index (χ0) is 15.6.